The van der Waals surface area contributed by atoms with Crippen LogP contribution in [-0.4, -0.2) is 13.4 Å². The van der Waals surface area contributed by atoms with Crippen molar-refractivity contribution >= 4 is 32.3 Å². The molecule has 0 saturated heterocycles. The molecule has 0 fully saturated rings. The minimum Gasteiger partial charge on any atom is -0.255 e. The van der Waals surface area contributed by atoms with Gasteiger partial charge in [0.25, 0.3) is 0 Å². The number of sulfone groups is 1. The minimum atomic E-state index is -4.31. The SMILES string of the molecule is O=S(=O)(c1ccc(F)c(F)c1)c1cnc2ccc(F)cc2c1-c1cccc(Cl)c1. The maximum Gasteiger partial charge on any atom is 0.208 e. The van der Waals surface area contributed by atoms with Crippen molar-refractivity contribution in [2.75, 3.05) is 0 Å². The second-order valence-corrected chi connectivity index (χ2v) is 8.60. The normalized spacial score (nSPS) is 11.7. The molecule has 0 N–H and O–H groups in total. The van der Waals surface area contributed by atoms with Crippen molar-refractivity contribution in [2.45, 2.75) is 9.79 Å². The summed E-state index contributed by atoms with van der Waals surface area (Å²) in [6, 6.07) is 12.5. The Kier molecular flexibility index (Phi) is 4.80. The Morgan fingerprint density at radius 2 is 1.66 bits per heavy atom. The average Bonchev–Trinajstić information content (AvgIpc) is 2.69. The van der Waals surface area contributed by atoms with E-state index in [0.717, 1.165) is 18.3 Å². The largest absolute Gasteiger partial charge is 0.255 e. The van der Waals surface area contributed by atoms with Crippen molar-refractivity contribution in [2.24, 2.45) is 0 Å². The van der Waals surface area contributed by atoms with Crippen molar-refractivity contribution in [3.63, 3.8) is 0 Å². The molecule has 1 aromatic heterocycles. The molecule has 0 radical (unpaired) electrons. The molecule has 1 heterocycles. The zero-order chi connectivity index (χ0) is 20.8. The van der Waals surface area contributed by atoms with Gasteiger partial charge < -0.3 is 0 Å². The molecule has 0 unspecified atom stereocenters. The highest BCUT2D eigenvalue weighted by Gasteiger charge is 2.26. The zero-order valence-corrected chi connectivity index (χ0v) is 16.1. The summed E-state index contributed by atoms with van der Waals surface area (Å²) in [5.74, 6) is -3.04. The molecule has 0 spiro atoms. The lowest BCUT2D eigenvalue weighted by molar-refractivity contribution is 0.504. The Bertz CT molecular complexity index is 1370. The monoisotopic (exact) mass is 433 g/mol. The first-order valence-corrected chi connectivity index (χ1v) is 10.2. The lowest BCUT2D eigenvalue weighted by Crippen LogP contribution is -2.06. The third kappa shape index (κ3) is 3.47. The third-order valence-electron chi connectivity index (χ3n) is 4.40. The lowest BCUT2D eigenvalue weighted by atomic mass is 10.0. The summed E-state index contributed by atoms with van der Waals surface area (Å²) < 4.78 is 67.4. The Labute approximate surface area is 169 Å². The van der Waals surface area contributed by atoms with E-state index in [1.54, 1.807) is 18.2 Å². The number of benzene rings is 3. The van der Waals surface area contributed by atoms with Crippen molar-refractivity contribution in [1.82, 2.24) is 4.98 Å². The van der Waals surface area contributed by atoms with E-state index in [1.165, 1.54) is 24.3 Å². The van der Waals surface area contributed by atoms with Crippen LogP contribution in [0.3, 0.4) is 0 Å². The maximum absolute atomic E-state index is 14.0. The third-order valence-corrected chi connectivity index (χ3v) is 6.40. The van der Waals surface area contributed by atoms with Crippen LogP contribution in [0.4, 0.5) is 13.2 Å². The van der Waals surface area contributed by atoms with Gasteiger partial charge in [-0.3, -0.25) is 4.98 Å². The molecule has 8 heteroatoms. The van der Waals surface area contributed by atoms with Crippen molar-refractivity contribution < 1.29 is 21.6 Å². The summed E-state index contributed by atoms with van der Waals surface area (Å²) in [5.41, 5.74) is 0.948. The van der Waals surface area contributed by atoms with Crippen LogP contribution >= 0.6 is 11.6 Å². The van der Waals surface area contributed by atoms with E-state index in [0.29, 0.717) is 22.2 Å². The Morgan fingerprint density at radius 3 is 2.38 bits per heavy atom. The molecule has 4 aromatic rings. The van der Waals surface area contributed by atoms with E-state index in [1.807, 2.05) is 0 Å². The summed E-state index contributed by atoms with van der Waals surface area (Å²) in [7, 11) is -4.31. The smallest absolute Gasteiger partial charge is 0.208 e. The fraction of sp³-hybridized carbons (Fsp3) is 0. The number of hydrogen-bond acceptors (Lipinski definition) is 3. The summed E-state index contributed by atoms with van der Waals surface area (Å²) in [4.78, 5) is 3.39. The summed E-state index contributed by atoms with van der Waals surface area (Å²) in [6.45, 7) is 0. The van der Waals surface area contributed by atoms with Gasteiger partial charge in [0, 0.05) is 22.2 Å². The fourth-order valence-corrected chi connectivity index (χ4v) is 4.70. The number of fused-ring (bicyclic) bond motifs is 1. The number of halogens is 4. The second-order valence-electron chi connectivity index (χ2n) is 6.25. The van der Waals surface area contributed by atoms with Gasteiger partial charge in [-0.1, -0.05) is 23.7 Å². The Hall–Kier alpha value is -2.90. The van der Waals surface area contributed by atoms with Crippen LogP contribution in [0.15, 0.2) is 76.7 Å². The van der Waals surface area contributed by atoms with Gasteiger partial charge in [0.15, 0.2) is 11.6 Å². The van der Waals surface area contributed by atoms with Gasteiger partial charge in [0.2, 0.25) is 9.84 Å². The van der Waals surface area contributed by atoms with Crippen LogP contribution in [0, 0.1) is 17.5 Å². The first-order valence-electron chi connectivity index (χ1n) is 8.32. The van der Waals surface area contributed by atoms with Crippen LogP contribution in [0.25, 0.3) is 22.0 Å². The van der Waals surface area contributed by atoms with Crippen LogP contribution in [-0.2, 0) is 9.84 Å². The second kappa shape index (κ2) is 7.17. The standard InChI is InChI=1S/C21H11ClF3NO2S/c22-13-3-1-2-12(8-13)21-16-9-14(23)4-7-19(16)26-11-20(21)29(27,28)15-5-6-17(24)18(25)10-15/h1-11H. The molecular weight excluding hydrogens is 423 g/mol. The van der Waals surface area contributed by atoms with Crippen LogP contribution in [0.1, 0.15) is 0 Å². The van der Waals surface area contributed by atoms with E-state index >= 15 is 0 Å². The molecule has 3 aromatic carbocycles. The van der Waals surface area contributed by atoms with E-state index in [9.17, 15) is 21.6 Å². The molecule has 0 aliphatic carbocycles. The van der Waals surface area contributed by atoms with Crippen molar-refractivity contribution in [3.8, 4) is 11.1 Å². The lowest BCUT2D eigenvalue weighted by Gasteiger charge is -2.14. The predicted octanol–water partition coefficient (Wildman–Crippen LogP) is 5.81. The first-order chi connectivity index (χ1) is 13.8. The molecule has 0 aliphatic heterocycles. The van der Waals surface area contributed by atoms with E-state index in [4.69, 9.17) is 11.6 Å². The zero-order valence-electron chi connectivity index (χ0n) is 14.5. The van der Waals surface area contributed by atoms with Gasteiger partial charge in [-0.25, -0.2) is 21.6 Å². The number of hydrogen-bond donors (Lipinski definition) is 0. The van der Waals surface area contributed by atoms with Gasteiger partial charge in [-0.15, -0.1) is 0 Å². The van der Waals surface area contributed by atoms with Crippen LogP contribution in [0.5, 0.6) is 0 Å². The maximum atomic E-state index is 14.0. The fourth-order valence-electron chi connectivity index (χ4n) is 3.06. The average molecular weight is 434 g/mol. The molecule has 146 valence electrons. The van der Waals surface area contributed by atoms with Gasteiger partial charge in [-0.05, 0) is 54.1 Å². The van der Waals surface area contributed by atoms with Gasteiger partial charge >= 0.3 is 0 Å². The number of nitrogens with zero attached hydrogens (tertiary/aromatic N) is 1. The number of rotatable bonds is 3. The number of pyridine rings is 1. The molecule has 0 saturated carbocycles. The highest BCUT2D eigenvalue weighted by molar-refractivity contribution is 7.91. The molecule has 3 nitrogen and oxygen atoms in total. The first kappa shape index (κ1) is 19.4. The molecular formula is C21H11ClF3NO2S. The summed E-state index contributed by atoms with van der Waals surface area (Å²) >= 11 is 6.07. The van der Waals surface area contributed by atoms with Gasteiger partial charge in [0.05, 0.1) is 15.3 Å². The molecule has 29 heavy (non-hydrogen) atoms. The van der Waals surface area contributed by atoms with E-state index < -0.39 is 32.2 Å². The van der Waals surface area contributed by atoms with Crippen LogP contribution < -0.4 is 0 Å². The van der Waals surface area contributed by atoms with Crippen molar-refractivity contribution in [1.29, 1.82) is 0 Å². The van der Waals surface area contributed by atoms with Gasteiger partial charge in [-0.2, -0.15) is 0 Å². The molecule has 0 bridgehead atoms. The topological polar surface area (TPSA) is 47.0 Å². The van der Waals surface area contributed by atoms with E-state index in [2.05, 4.69) is 4.98 Å². The summed E-state index contributed by atoms with van der Waals surface area (Å²) in [5, 5.41) is 0.593. The molecule has 4 rings (SSSR count). The van der Waals surface area contributed by atoms with Crippen LogP contribution in [0.2, 0.25) is 5.02 Å². The van der Waals surface area contributed by atoms with E-state index in [-0.39, 0.29) is 15.8 Å². The Morgan fingerprint density at radius 1 is 0.862 bits per heavy atom. The highest BCUT2D eigenvalue weighted by atomic mass is 35.5. The quantitative estimate of drug-likeness (QED) is 0.383. The molecule has 0 amide bonds. The molecule has 0 aliphatic rings. The van der Waals surface area contributed by atoms with Crippen molar-refractivity contribution in [3.05, 3.63) is 89.3 Å². The molecule has 0 atom stereocenters. The predicted molar refractivity (Wildman–Crippen MR) is 104 cm³/mol. The Balaban J connectivity index is 2.09. The highest BCUT2D eigenvalue weighted by Crippen LogP contribution is 2.37. The number of aromatic nitrogens is 1. The summed E-state index contributed by atoms with van der Waals surface area (Å²) in [6.07, 6.45) is 1.12. The minimum absolute atomic E-state index is 0.168. The van der Waals surface area contributed by atoms with Gasteiger partial charge in [0.1, 0.15) is 5.82 Å².